The molecule has 1 aliphatic rings. The first-order chi connectivity index (χ1) is 9.24. The lowest BCUT2D eigenvalue weighted by Gasteiger charge is -2.25. The van der Waals surface area contributed by atoms with Crippen LogP contribution in [0.5, 0.6) is 0 Å². The molecule has 4 heteroatoms. The first-order valence-electron chi connectivity index (χ1n) is 7.18. The minimum atomic E-state index is 0.698. The smallest absolute Gasteiger partial charge is 0.0544 e. The third-order valence-electron chi connectivity index (χ3n) is 3.26. The fourth-order valence-corrected chi connectivity index (χ4v) is 3.13. The molecule has 0 radical (unpaired) electrons. The fraction of sp³-hybridized carbons (Fsp3) is 0.667. The zero-order chi connectivity index (χ0) is 13.5. The van der Waals surface area contributed by atoms with Crippen LogP contribution in [0.2, 0.25) is 0 Å². The summed E-state index contributed by atoms with van der Waals surface area (Å²) in [7, 11) is 0. The Morgan fingerprint density at radius 1 is 1.32 bits per heavy atom. The van der Waals surface area contributed by atoms with E-state index in [1.165, 1.54) is 35.9 Å². The molecule has 2 heterocycles. The minimum Gasteiger partial charge on any atom is -0.312 e. The maximum atomic E-state index is 4.58. The van der Waals surface area contributed by atoms with Gasteiger partial charge in [0.2, 0.25) is 0 Å². The van der Waals surface area contributed by atoms with Crippen LogP contribution in [-0.4, -0.2) is 41.0 Å². The van der Waals surface area contributed by atoms with Gasteiger partial charge in [0.05, 0.1) is 5.69 Å². The topological polar surface area (TPSA) is 28.2 Å². The number of thioether (sulfide) groups is 1. The first-order valence-corrected chi connectivity index (χ1v) is 8.34. The maximum absolute atomic E-state index is 4.58. The summed E-state index contributed by atoms with van der Waals surface area (Å²) in [6, 6.07) is 4.38. The normalized spacial score (nSPS) is 17.0. The van der Waals surface area contributed by atoms with Gasteiger partial charge in [-0.15, -0.1) is 0 Å². The molecule has 2 rings (SSSR count). The third kappa shape index (κ3) is 5.51. The molecule has 1 saturated heterocycles. The number of pyridine rings is 1. The summed E-state index contributed by atoms with van der Waals surface area (Å²) >= 11 is 2.05. The van der Waals surface area contributed by atoms with Crippen LogP contribution in [0, 0.1) is 5.92 Å². The Balaban J connectivity index is 1.77. The van der Waals surface area contributed by atoms with Gasteiger partial charge in [0.15, 0.2) is 0 Å². The number of rotatable bonds is 6. The molecule has 0 aliphatic carbocycles. The van der Waals surface area contributed by atoms with E-state index >= 15 is 0 Å². The summed E-state index contributed by atoms with van der Waals surface area (Å²) in [4.78, 5) is 7.08. The molecule has 0 bridgehead atoms. The number of nitrogens with one attached hydrogen (secondary N) is 1. The van der Waals surface area contributed by atoms with E-state index in [1.807, 2.05) is 6.20 Å². The van der Waals surface area contributed by atoms with E-state index in [2.05, 4.69) is 52.9 Å². The molecular weight excluding hydrogens is 254 g/mol. The molecular formula is C15H25N3S. The molecule has 1 aromatic rings. The lowest BCUT2D eigenvalue weighted by atomic mass is 10.2. The Hall–Kier alpha value is -0.580. The second-order valence-electron chi connectivity index (χ2n) is 5.57. The van der Waals surface area contributed by atoms with Crippen LogP contribution in [0.4, 0.5) is 0 Å². The van der Waals surface area contributed by atoms with Crippen LogP contribution < -0.4 is 5.32 Å². The van der Waals surface area contributed by atoms with Crippen LogP contribution in [0.1, 0.15) is 25.1 Å². The Morgan fingerprint density at radius 2 is 2.11 bits per heavy atom. The summed E-state index contributed by atoms with van der Waals surface area (Å²) in [6.07, 6.45) is 2.02. The summed E-state index contributed by atoms with van der Waals surface area (Å²) in [6.45, 7) is 9.84. The van der Waals surface area contributed by atoms with Gasteiger partial charge in [0, 0.05) is 43.9 Å². The lowest BCUT2D eigenvalue weighted by Crippen LogP contribution is -2.32. The summed E-state index contributed by atoms with van der Waals surface area (Å²) in [5.41, 5.74) is 2.47. The van der Waals surface area contributed by atoms with Crippen molar-refractivity contribution in [2.24, 2.45) is 5.92 Å². The fourth-order valence-electron chi connectivity index (χ4n) is 2.15. The highest BCUT2D eigenvalue weighted by Gasteiger charge is 2.11. The van der Waals surface area contributed by atoms with Crippen LogP contribution in [0.3, 0.4) is 0 Å². The number of hydrogen-bond donors (Lipinski definition) is 1. The highest BCUT2D eigenvalue weighted by molar-refractivity contribution is 7.99. The molecule has 19 heavy (non-hydrogen) atoms. The second-order valence-corrected chi connectivity index (χ2v) is 6.80. The molecule has 1 aromatic heterocycles. The van der Waals surface area contributed by atoms with E-state index < -0.39 is 0 Å². The molecule has 0 aromatic carbocycles. The van der Waals surface area contributed by atoms with Crippen LogP contribution in [0.15, 0.2) is 18.3 Å². The third-order valence-corrected chi connectivity index (χ3v) is 4.20. The molecule has 0 saturated carbocycles. The van der Waals surface area contributed by atoms with Crippen LogP contribution in [0.25, 0.3) is 0 Å². The molecule has 0 spiro atoms. The van der Waals surface area contributed by atoms with Gasteiger partial charge in [-0.1, -0.05) is 19.9 Å². The van der Waals surface area contributed by atoms with Crippen molar-refractivity contribution in [1.29, 1.82) is 0 Å². The Morgan fingerprint density at radius 3 is 2.74 bits per heavy atom. The lowest BCUT2D eigenvalue weighted by molar-refractivity contribution is 0.291. The number of hydrogen-bond acceptors (Lipinski definition) is 4. The minimum absolute atomic E-state index is 0.698. The van der Waals surface area contributed by atoms with Gasteiger partial charge in [-0.3, -0.25) is 9.88 Å². The monoisotopic (exact) mass is 279 g/mol. The van der Waals surface area contributed by atoms with Gasteiger partial charge >= 0.3 is 0 Å². The molecule has 3 nitrogen and oxygen atoms in total. The van der Waals surface area contributed by atoms with Gasteiger partial charge in [-0.2, -0.15) is 11.8 Å². The van der Waals surface area contributed by atoms with E-state index in [9.17, 15) is 0 Å². The summed E-state index contributed by atoms with van der Waals surface area (Å²) in [5, 5.41) is 3.45. The average molecular weight is 279 g/mol. The van der Waals surface area contributed by atoms with Gasteiger partial charge in [0.1, 0.15) is 0 Å². The summed E-state index contributed by atoms with van der Waals surface area (Å²) in [5.74, 6) is 3.22. The van der Waals surface area contributed by atoms with E-state index in [-0.39, 0.29) is 0 Å². The number of nitrogens with zero attached hydrogens (tertiary/aromatic N) is 2. The van der Waals surface area contributed by atoms with E-state index in [0.29, 0.717) is 5.92 Å². The zero-order valence-electron chi connectivity index (χ0n) is 12.1. The van der Waals surface area contributed by atoms with Gasteiger partial charge in [-0.25, -0.2) is 0 Å². The van der Waals surface area contributed by atoms with E-state index in [0.717, 1.165) is 19.6 Å². The quantitative estimate of drug-likeness (QED) is 0.865. The Labute approximate surface area is 121 Å². The Kier molecular flexibility index (Phi) is 6.14. The predicted octanol–water partition coefficient (Wildman–Crippen LogP) is 2.38. The van der Waals surface area contributed by atoms with Crippen molar-refractivity contribution in [3.05, 3.63) is 29.6 Å². The summed E-state index contributed by atoms with van der Waals surface area (Å²) < 4.78 is 0. The molecule has 106 valence electrons. The van der Waals surface area contributed by atoms with Crippen molar-refractivity contribution in [3.8, 4) is 0 Å². The van der Waals surface area contributed by atoms with Gasteiger partial charge in [-0.05, 0) is 24.1 Å². The highest BCUT2D eigenvalue weighted by atomic mass is 32.2. The molecule has 1 N–H and O–H groups in total. The van der Waals surface area contributed by atoms with Crippen molar-refractivity contribution in [2.75, 3.05) is 31.1 Å². The van der Waals surface area contributed by atoms with Gasteiger partial charge in [0.25, 0.3) is 0 Å². The van der Waals surface area contributed by atoms with E-state index in [1.54, 1.807) is 0 Å². The van der Waals surface area contributed by atoms with Crippen molar-refractivity contribution in [3.63, 3.8) is 0 Å². The van der Waals surface area contributed by atoms with Crippen molar-refractivity contribution >= 4 is 11.8 Å². The maximum Gasteiger partial charge on any atom is 0.0544 e. The standard InChI is InChI=1S/C15H25N3S/c1-13(2)9-16-10-14-3-4-15(17-11-14)12-18-5-7-19-8-6-18/h3-4,11,13,16H,5-10,12H2,1-2H3. The highest BCUT2D eigenvalue weighted by Crippen LogP contribution is 2.12. The number of aromatic nitrogens is 1. The van der Waals surface area contributed by atoms with Crippen molar-refractivity contribution in [1.82, 2.24) is 15.2 Å². The molecule has 0 unspecified atom stereocenters. The molecule has 1 aliphatic heterocycles. The van der Waals surface area contributed by atoms with Crippen molar-refractivity contribution < 1.29 is 0 Å². The SMILES string of the molecule is CC(C)CNCc1ccc(CN2CCSCC2)nc1. The molecule has 0 amide bonds. The largest absolute Gasteiger partial charge is 0.312 e. The zero-order valence-corrected chi connectivity index (χ0v) is 12.9. The predicted molar refractivity (Wildman–Crippen MR) is 83.4 cm³/mol. The molecule has 0 atom stereocenters. The molecule has 1 fully saturated rings. The second kappa shape index (κ2) is 7.88. The Bertz CT molecular complexity index is 358. The first kappa shape index (κ1) is 14.8. The van der Waals surface area contributed by atoms with Gasteiger partial charge < -0.3 is 5.32 Å². The average Bonchev–Trinajstić information content (AvgIpc) is 2.42. The van der Waals surface area contributed by atoms with Crippen LogP contribution >= 0.6 is 11.8 Å². The van der Waals surface area contributed by atoms with Crippen molar-refractivity contribution in [2.45, 2.75) is 26.9 Å². The van der Waals surface area contributed by atoms with Crippen LogP contribution in [-0.2, 0) is 13.1 Å². The van der Waals surface area contributed by atoms with E-state index in [4.69, 9.17) is 0 Å².